The number of β-lactam (4-membered cyclic amide) rings is 1. The fourth-order valence-corrected chi connectivity index (χ4v) is 7.16. The lowest BCUT2D eigenvalue weighted by Gasteiger charge is -2.44. The Labute approximate surface area is 314 Å². The summed E-state index contributed by atoms with van der Waals surface area (Å²) in [6.07, 6.45) is 6.76. The molecule has 1 saturated heterocycles. The van der Waals surface area contributed by atoms with Crippen LogP contribution in [0.15, 0.2) is 57.9 Å². The maximum absolute atomic E-state index is 13.5. The number of phenols is 1. The molecule has 0 radical (unpaired) electrons. The lowest BCUT2D eigenvalue weighted by atomic mass is 9.73. The number of rotatable bonds is 17. The predicted molar refractivity (Wildman–Crippen MR) is 199 cm³/mol. The summed E-state index contributed by atoms with van der Waals surface area (Å²) in [6, 6.07) is 1.70. The third kappa shape index (κ3) is 9.78. The van der Waals surface area contributed by atoms with Crippen LogP contribution >= 0.6 is 12.6 Å². The number of benzene rings is 1. The Morgan fingerprint density at radius 2 is 1.98 bits per heavy atom. The number of aliphatic carboxylic acids is 1. The van der Waals surface area contributed by atoms with E-state index in [9.17, 15) is 37.6 Å². The molecule has 2 unspecified atom stereocenters. The molecule has 0 spiro atoms. The summed E-state index contributed by atoms with van der Waals surface area (Å²) in [6.45, 7) is 12.5. The standard InChI is InChI=1S/C35H47N5O11S2/c1-7-8-9-10-20-16-24(41)27(22-15-19(4)11-12-21(22)18(2)3)25(17-20)49-34(52)50-32-29(31(43)40(32)53(46,47)48)38-30(42)28(23-13-14-26(36)37-23)39-51-35(5,6)33(44)45/h13,15-17,21-22,29,32,34,41,52H,2,7-12,14H2,1,3-6H3,(H2,36,37)(H,38,42)(H,44,45)(H,46,47,48)/b39-28-/t21-,22+,29+,32?,34?/m0/s1. The molecule has 2 aliphatic heterocycles. The number of aryl methyl sites for hydroxylation is 1. The van der Waals surface area contributed by atoms with Crippen LogP contribution in [0.5, 0.6) is 11.5 Å². The number of nitrogens with zero attached hydrogens (tertiary/aromatic N) is 3. The minimum atomic E-state index is -5.22. The molecule has 6 N–H and O–H groups in total. The van der Waals surface area contributed by atoms with Crippen LogP contribution in [0.25, 0.3) is 0 Å². The Morgan fingerprint density at radius 1 is 1.28 bits per heavy atom. The molecule has 290 valence electrons. The molecule has 1 aliphatic carbocycles. The maximum atomic E-state index is 13.5. The highest BCUT2D eigenvalue weighted by molar-refractivity contribution is 7.84. The molecule has 4 rings (SSSR count). The van der Waals surface area contributed by atoms with Gasteiger partial charge in [-0.2, -0.15) is 12.7 Å². The second-order valence-electron chi connectivity index (χ2n) is 13.8. The van der Waals surface area contributed by atoms with Crippen molar-refractivity contribution in [2.75, 3.05) is 0 Å². The van der Waals surface area contributed by atoms with Gasteiger partial charge < -0.3 is 35.6 Å². The molecule has 0 aromatic heterocycles. The van der Waals surface area contributed by atoms with Crippen molar-refractivity contribution in [1.29, 1.82) is 0 Å². The minimum absolute atomic E-state index is 0.000248. The van der Waals surface area contributed by atoms with Gasteiger partial charge in [0.25, 0.3) is 11.8 Å². The van der Waals surface area contributed by atoms with E-state index in [0.717, 1.165) is 48.8 Å². The Balaban J connectivity index is 1.66. The van der Waals surface area contributed by atoms with E-state index < -0.39 is 57.3 Å². The van der Waals surface area contributed by atoms with Gasteiger partial charge in [0.15, 0.2) is 18.0 Å². The highest BCUT2D eigenvalue weighted by atomic mass is 32.2. The van der Waals surface area contributed by atoms with Crippen molar-refractivity contribution in [3.63, 3.8) is 0 Å². The topological polar surface area (TPSA) is 240 Å². The van der Waals surface area contributed by atoms with Gasteiger partial charge in [-0.25, -0.2) is 9.79 Å². The number of phenolic OH excluding ortho intramolecular Hbond substituents is 1. The Kier molecular flexibility index (Phi) is 13.1. The third-order valence-electron chi connectivity index (χ3n) is 9.09. The van der Waals surface area contributed by atoms with Gasteiger partial charge in [0.05, 0.1) is 5.70 Å². The van der Waals surface area contributed by atoms with Gasteiger partial charge in [0, 0.05) is 17.9 Å². The van der Waals surface area contributed by atoms with Gasteiger partial charge in [-0.05, 0) is 83.1 Å². The van der Waals surface area contributed by atoms with Crippen LogP contribution in [0.3, 0.4) is 0 Å². The van der Waals surface area contributed by atoms with Crippen molar-refractivity contribution in [2.24, 2.45) is 21.8 Å². The molecule has 16 nitrogen and oxygen atoms in total. The Morgan fingerprint density at radius 3 is 2.57 bits per heavy atom. The third-order valence-corrected chi connectivity index (χ3v) is 10.2. The molecular formula is C35H47N5O11S2. The monoisotopic (exact) mass is 777 g/mol. The number of carboxylic acid groups (broad SMARTS) is 1. The smallest absolute Gasteiger partial charge is 0.364 e. The molecule has 53 heavy (non-hydrogen) atoms. The number of nitrogens with one attached hydrogen (secondary N) is 1. The fraction of sp³-hybridized carbons (Fsp3) is 0.514. The van der Waals surface area contributed by atoms with Crippen molar-refractivity contribution < 1.29 is 51.9 Å². The first-order chi connectivity index (χ1) is 24.7. The van der Waals surface area contributed by atoms with E-state index in [2.05, 4.69) is 41.6 Å². The highest BCUT2D eigenvalue weighted by Gasteiger charge is 2.56. The van der Waals surface area contributed by atoms with E-state index in [4.69, 9.17) is 20.0 Å². The first-order valence-electron chi connectivity index (χ1n) is 17.1. The van der Waals surface area contributed by atoms with Gasteiger partial charge in [-0.1, -0.05) is 48.7 Å². The van der Waals surface area contributed by atoms with E-state index in [0.29, 0.717) is 12.0 Å². The number of aromatic hydroxyl groups is 1. The van der Waals surface area contributed by atoms with Gasteiger partial charge in [0.1, 0.15) is 17.3 Å². The minimum Gasteiger partial charge on any atom is -0.507 e. The van der Waals surface area contributed by atoms with Crippen molar-refractivity contribution in [3.8, 4) is 11.5 Å². The van der Waals surface area contributed by atoms with Gasteiger partial charge in [-0.3, -0.25) is 14.1 Å². The van der Waals surface area contributed by atoms with E-state index in [1.165, 1.54) is 19.9 Å². The van der Waals surface area contributed by atoms with Crippen LogP contribution < -0.4 is 15.8 Å². The summed E-state index contributed by atoms with van der Waals surface area (Å²) in [5.74, 6) is -3.89. The highest BCUT2D eigenvalue weighted by Crippen LogP contribution is 2.47. The lowest BCUT2D eigenvalue weighted by molar-refractivity contribution is -0.185. The molecule has 2 heterocycles. The van der Waals surface area contributed by atoms with Crippen molar-refractivity contribution >= 4 is 52.3 Å². The molecule has 2 amide bonds. The molecule has 1 aromatic carbocycles. The van der Waals surface area contributed by atoms with Crippen LogP contribution in [0, 0.1) is 5.92 Å². The zero-order valence-corrected chi connectivity index (χ0v) is 31.9. The second kappa shape index (κ2) is 16.7. The Bertz CT molecular complexity index is 1870. The maximum Gasteiger partial charge on any atom is 0.364 e. The van der Waals surface area contributed by atoms with E-state index in [-0.39, 0.29) is 45.6 Å². The Hall–Kier alpha value is -4.39. The number of nitrogens with two attached hydrogens (primary N) is 1. The van der Waals surface area contributed by atoms with Crippen LogP contribution in [-0.4, -0.2) is 80.3 Å². The number of aliphatic imine (C=N–C) groups is 1. The quantitative estimate of drug-likeness (QED) is 0.0192. The van der Waals surface area contributed by atoms with E-state index in [1.807, 2.05) is 19.9 Å². The fourth-order valence-electron chi connectivity index (χ4n) is 6.14. The number of unbranched alkanes of at least 4 members (excludes halogenated alkanes) is 2. The van der Waals surface area contributed by atoms with Crippen LogP contribution in [0.1, 0.15) is 90.2 Å². The average Bonchev–Trinajstić information content (AvgIpc) is 3.48. The molecule has 1 fully saturated rings. The van der Waals surface area contributed by atoms with Crippen LogP contribution in [0.2, 0.25) is 0 Å². The molecule has 0 saturated carbocycles. The molecular weight excluding hydrogens is 731 g/mol. The summed E-state index contributed by atoms with van der Waals surface area (Å²) < 4.78 is 46.4. The largest absolute Gasteiger partial charge is 0.507 e. The number of hydrogen-bond acceptors (Lipinski definition) is 13. The summed E-state index contributed by atoms with van der Waals surface area (Å²) in [5.41, 5.74) is 4.81. The SMILES string of the molecule is C=C(C)[C@@H]1CCC(C)=C[C@H]1c1c(O)cc(CCCCC)cc1OC(S)OC1[C@H](NC(=O)/C(=N\OC(C)(C)C(=O)O)C2=CCC(N)=N2)C(=O)N1S(=O)(=O)O. The summed E-state index contributed by atoms with van der Waals surface area (Å²) >= 11 is 4.39. The van der Waals surface area contributed by atoms with E-state index in [1.54, 1.807) is 12.1 Å². The van der Waals surface area contributed by atoms with Gasteiger partial charge >= 0.3 is 16.3 Å². The summed E-state index contributed by atoms with van der Waals surface area (Å²) in [4.78, 5) is 47.3. The predicted octanol–water partition coefficient (Wildman–Crippen LogP) is 4.09. The normalized spacial score (nSPS) is 22.6. The number of carboxylic acids is 1. The zero-order valence-electron chi connectivity index (χ0n) is 30.2. The number of carbonyl (C=O) groups excluding carboxylic acids is 2. The molecule has 1 aromatic rings. The molecule has 3 aliphatic rings. The van der Waals surface area contributed by atoms with Crippen molar-refractivity contribution in [2.45, 2.75) is 109 Å². The number of thiol groups is 1. The number of amides is 2. The molecule has 18 heteroatoms. The lowest BCUT2D eigenvalue weighted by Crippen LogP contribution is -2.73. The molecule has 0 bridgehead atoms. The average molecular weight is 778 g/mol. The zero-order chi connectivity index (χ0) is 39.4. The number of allylic oxidation sites excluding steroid dienone is 3. The number of carbonyl (C=O) groups is 3. The molecule has 5 atom stereocenters. The number of amidine groups is 1. The number of oxime groups is 1. The van der Waals surface area contributed by atoms with Crippen LogP contribution in [-0.2, 0) is 40.7 Å². The van der Waals surface area contributed by atoms with Gasteiger partial charge in [0.2, 0.25) is 11.2 Å². The van der Waals surface area contributed by atoms with Crippen molar-refractivity contribution in [3.05, 3.63) is 58.8 Å². The first kappa shape index (κ1) is 41.4. The summed E-state index contributed by atoms with van der Waals surface area (Å²) in [5, 5.41) is 26.8. The number of ether oxygens (including phenoxy) is 2. The van der Waals surface area contributed by atoms with Gasteiger partial charge in [-0.15, -0.1) is 12.6 Å². The van der Waals surface area contributed by atoms with Crippen LogP contribution in [0.4, 0.5) is 0 Å². The number of hydrogen-bond donors (Lipinski definition) is 6. The summed E-state index contributed by atoms with van der Waals surface area (Å²) in [7, 11) is -5.22. The van der Waals surface area contributed by atoms with Crippen molar-refractivity contribution in [1.82, 2.24) is 9.62 Å². The van der Waals surface area contributed by atoms with E-state index >= 15 is 0 Å². The second-order valence-corrected chi connectivity index (χ2v) is 15.5. The first-order valence-corrected chi connectivity index (χ1v) is 19.0.